The van der Waals surface area contributed by atoms with Gasteiger partial charge in [0.1, 0.15) is 6.42 Å². The van der Waals surface area contributed by atoms with Crippen LogP contribution in [0, 0.1) is 0 Å². The highest BCUT2D eigenvalue weighted by molar-refractivity contribution is 5.91. The van der Waals surface area contributed by atoms with Crippen LogP contribution in [0.1, 0.15) is 41.0 Å². The molecule has 96 valence electrons. The van der Waals surface area contributed by atoms with Gasteiger partial charge in [0.25, 0.3) is 0 Å². The second kappa shape index (κ2) is 10.4. The van der Waals surface area contributed by atoms with E-state index in [1.54, 1.807) is 34.6 Å². The van der Waals surface area contributed by atoms with Crippen LogP contribution in [0.4, 0.5) is 0 Å². The van der Waals surface area contributed by atoms with Gasteiger partial charge in [-0.05, 0) is 34.6 Å². The summed E-state index contributed by atoms with van der Waals surface area (Å²) in [6.45, 7) is 8.84. The molecule has 0 heterocycles. The Labute approximate surface area is 96.7 Å². The first-order valence-corrected chi connectivity index (χ1v) is 5.33. The number of ether oxygens (including phenoxy) is 2. The maximum atomic E-state index is 10.9. The quantitative estimate of drug-likeness (QED) is 0.586. The van der Waals surface area contributed by atoms with Crippen molar-refractivity contribution in [3.63, 3.8) is 0 Å². The number of carbonyl (C=O) groups excluding carboxylic acids is 2. The topological polar surface area (TPSA) is 72.8 Å². The summed E-state index contributed by atoms with van der Waals surface area (Å²) in [7, 11) is 0. The normalized spacial score (nSPS) is 9.50. The molecule has 0 atom stereocenters. The maximum Gasteiger partial charge on any atom is 0.317 e. The van der Waals surface area contributed by atoms with E-state index >= 15 is 0 Å². The minimum atomic E-state index is -0.541. The zero-order chi connectivity index (χ0) is 13.1. The smallest absolute Gasteiger partial charge is 0.317 e. The number of aliphatic hydroxyl groups excluding tert-OH is 1. The molecule has 0 saturated carbocycles. The van der Waals surface area contributed by atoms with Crippen LogP contribution in [0.2, 0.25) is 0 Å². The lowest BCUT2D eigenvalue weighted by Gasteiger charge is -2.09. The van der Waals surface area contributed by atoms with Crippen molar-refractivity contribution in [1.82, 2.24) is 0 Å². The van der Waals surface area contributed by atoms with E-state index in [4.69, 9.17) is 14.6 Å². The number of hydrogen-bond acceptors (Lipinski definition) is 5. The van der Waals surface area contributed by atoms with E-state index in [1.807, 2.05) is 0 Å². The lowest BCUT2D eigenvalue weighted by molar-refractivity contribution is -0.158. The molecule has 0 aliphatic carbocycles. The van der Waals surface area contributed by atoms with Crippen LogP contribution in [0.5, 0.6) is 0 Å². The predicted molar refractivity (Wildman–Crippen MR) is 59.8 cm³/mol. The first-order valence-electron chi connectivity index (χ1n) is 5.33. The molecule has 0 aromatic carbocycles. The van der Waals surface area contributed by atoms with Crippen molar-refractivity contribution in [3.8, 4) is 0 Å². The second-order valence-corrected chi connectivity index (χ2v) is 3.57. The molecule has 0 aromatic heterocycles. The van der Waals surface area contributed by atoms with Crippen molar-refractivity contribution in [3.05, 3.63) is 0 Å². The van der Waals surface area contributed by atoms with Crippen molar-refractivity contribution < 1.29 is 24.2 Å². The van der Waals surface area contributed by atoms with Gasteiger partial charge >= 0.3 is 11.9 Å². The molecule has 0 amide bonds. The molecule has 0 rings (SSSR count). The molecule has 5 nitrogen and oxygen atoms in total. The number of aliphatic hydroxyl groups is 1. The van der Waals surface area contributed by atoms with Crippen LogP contribution in [-0.4, -0.2) is 35.9 Å². The van der Waals surface area contributed by atoms with Gasteiger partial charge in [0.2, 0.25) is 0 Å². The molecule has 0 aromatic rings. The highest BCUT2D eigenvalue weighted by Crippen LogP contribution is 1.97. The third-order valence-corrected chi connectivity index (χ3v) is 1.02. The Morgan fingerprint density at radius 3 is 1.44 bits per heavy atom. The zero-order valence-electron chi connectivity index (χ0n) is 10.6. The van der Waals surface area contributed by atoms with Gasteiger partial charge in [0.15, 0.2) is 0 Å². The molecule has 0 spiro atoms. The van der Waals surface area contributed by atoms with Crippen LogP contribution < -0.4 is 0 Å². The van der Waals surface area contributed by atoms with Gasteiger partial charge in [0, 0.05) is 6.61 Å². The molecule has 0 fully saturated rings. The lowest BCUT2D eigenvalue weighted by atomic mass is 10.4. The summed E-state index contributed by atoms with van der Waals surface area (Å²) < 4.78 is 9.53. The van der Waals surface area contributed by atoms with Gasteiger partial charge in [-0.25, -0.2) is 0 Å². The summed E-state index contributed by atoms with van der Waals surface area (Å²) in [6, 6.07) is 0. The van der Waals surface area contributed by atoms with Crippen molar-refractivity contribution in [2.45, 2.75) is 53.2 Å². The second-order valence-electron chi connectivity index (χ2n) is 3.57. The van der Waals surface area contributed by atoms with E-state index in [0.29, 0.717) is 0 Å². The third-order valence-electron chi connectivity index (χ3n) is 1.02. The van der Waals surface area contributed by atoms with Gasteiger partial charge < -0.3 is 14.6 Å². The highest BCUT2D eigenvalue weighted by Gasteiger charge is 2.14. The van der Waals surface area contributed by atoms with Crippen molar-refractivity contribution in [2.75, 3.05) is 6.61 Å². The molecular formula is C11H22O5. The Balaban J connectivity index is 0. The first kappa shape index (κ1) is 17.3. The molecule has 0 radical (unpaired) electrons. The minimum Gasteiger partial charge on any atom is -0.463 e. The summed E-state index contributed by atoms with van der Waals surface area (Å²) in [5.41, 5.74) is 0. The molecule has 16 heavy (non-hydrogen) atoms. The summed E-state index contributed by atoms with van der Waals surface area (Å²) in [5, 5.41) is 7.57. The van der Waals surface area contributed by atoms with Gasteiger partial charge in [-0.1, -0.05) is 0 Å². The van der Waals surface area contributed by atoms with E-state index in [-0.39, 0.29) is 25.2 Å². The SMILES string of the molecule is CC(C)OC(=O)CC(=O)OC(C)C.CCO. The van der Waals surface area contributed by atoms with Gasteiger partial charge in [-0.2, -0.15) is 0 Å². The average molecular weight is 234 g/mol. The summed E-state index contributed by atoms with van der Waals surface area (Å²) in [5.74, 6) is -1.08. The van der Waals surface area contributed by atoms with Crippen LogP contribution in [0.25, 0.3) is 0 Å². The van der Waals surface area contributed by atoms with Crippen molar-refractivity contribution >= 4 is 11.9 Å². The number of hydrogen-bond donors (Lipinski definition) is 1. The summed E-state index contributed by atoms with van der Waals surface area (Å²) in [4.78, 5) is 21.8. The molecule has 0 bridgehead atoms. The lowest BCUT2D eigenvalue weighted by Crippen LogP contribution is -2.19. The number of rotatable bonds is 4. The predicted octanol–water partition coefficient (Wildman–Crippen LogP) is 1.28. The van der Waals surface area contributed by atoms with Crippen LogP contribution in [-0.2, 0) is 19.1 Å². The summed E-state index contributed by atoms with van der Waals surface area (Å²) in [6.07, 6.45) is -0.699. The Bertz CT molecular complexity index is 179. The number of esters is 2. The van der Waals surface area contributed by atoms with Crippen molar-refractivity contribution in [1.29, 1.82) is 0 Å². The van der Waals surface area contributed by atoms with Crippen molar-refractivity contribution in [2.24, 2.45) is 0 Å². The zero-order valence-corrected chi connectivity index (χ0v) is 10.6. The fourth-order valence-electron chi connectivity index (χ4n) is 0.727. The molecule has 0 aliphatic rings. The molecule has 1 N–H and O–H groups in total. The summed E-state index contributed by atoms with van der Waals surface area (Å²) >= 11 is 0. The fraction of sp³-hybridized carbons (Fsp3) is 0.818. The Kier molecular flexibility index (Phi) is 11.3. The largest absolute Gasteiger partial charge is 0.463 e. The van der Waals surface area contributed by atoms with Gasteiger partial charge in [0.05, 0.1) is 12.2 Å². The molecule has 0 unspecified atom stereocenters. The van der Waals surface area contributed by atoms with Crippen LogP contribution >= 0.6 is 0 Å². The molecule has 0 aliphatic heterocycles. The maximum absolute atomic E-state index is 10.9. The van der Waals surface area contributed by atoms with E-state index in [2.05, 4.69) is 0 Å². The highest BCUT2D eigenvalue weighted by atomic mass is 16.6. The van der Waals surface area contributed by atoms with E-state index in [9.17, 15) is 9.59 Å². The average Bonchev–Trinajstić information content (AvgIpc) is 2.00. The van der Waals surface area contributed by atoms with Crippen LogP contribution in [0.15, 0.2) is 0 Å². The molecule has 0 saturated heterocycles. The van der Waals surface area contributed by atoms with Crippen LogP contribution in [0.3, 0.4) is 0 Å². The van der Waals surface area contributed by atoms with E-state index in [1.165, 1.54) is 0 Å². The van der Waals surface area contributed by atoms with Gasteiger partial charge in [-0.15, -0.1) is 0 Å². The standard InChI is InChI=1S/C9H16O4.C2H6O/c1-6(2)12-8(10)5-9(11)13-7(3)4;1-2-3/h6-7H,5H2,1-4H3;3H,2H2,1H3. The third kappa shape index (κ3) is 15.4. The Hall–Kier alpha value is -1.10. The van der Waals surface area contributed by atoms with E-state index in [0.717, 1.165) is 0 Å². The van der Waals surface area contributed by atoms with E-state index < -0.39 is 11.9 Å². The Morgan fingerprint density at radius 1 is 1.00 bits per heavy atom. The fourth-order valence-corrected chi connectivity index (χ4v) is 0.727. The Morgan fingerprint density at radius 2 is 1.25 bits per heavy atom. The van der Waals surface area contributed by atoms with Gasteiger partial charge in [-0.3, -0.25) is 9.59 Å². The number of carbonyl (C=O) groups is 2. The first-order chi connectivity index (χ1) is 7.33. The monoisotopic (exact) mass is 234 g/mol. The molecular weight excluding hydrogens is 212 g/mol. The minimum absolute atomic E-state index is 0.195. The molecule has 5 heteroatoms.